The molecule has 0 aliphatic carbocycles. The third-order valence-electron chi connectivity index (χ3n) is 3.59. The van der Waals surface area contributed by atoms with Crippen molar-refractivity contribution in [2.45, 2.75) is 27.3 Å². The standard InChI is InChI=1S/C16H18N2O3/c1-10-4-6-13(8-15(10)18(20)21)9-17-14-7-5-11(2)16(19)12(14)3/h4-8,17,19H,9H2,1-3H3. The maximum Gasteiger partial charge on any atom is 0.272 e. The molecule has 2 aromatic carbocycles. The number of anilines is 1. The van der Waals surface area contributed by atoms with Crippen LogP contribution in [0.15, 0.2) is 30.3 Å². The molecule has 0 spiro atoms. The quantitative estimate of drug-likeness (QED) is 0.661. The van der Waals surface area contributed by atoms with Gasteiger partial charge < -0.3 is 10.4 Å². The number of nitrogens with zero attached hydrogens (tertiary/aromatic N) is 1. The van der Waals surface area contributed by atoms with E-state index in [1.807, 2.05) is 32.0 Å². The lowest BCUT2D eigenvalue weighted by molar-refractivity contribution is -0.385. The van der Waals surface area contributed by atoms with Crippen molar-refractivity contribution in [2.24, 2.45) is 0 Å². The number of nitrogens with one attached hydrogen (secondary N) is 1. The lowest BCUT2D eigenvalue weighted by Gasteiger charge is -2.12. The molecule has 2 aromatic rings. The number of aryl methyl sites for hydroxylation is 2. The zero-order chi connectivity index (χ0) is 15.6. The van der Waals surface area contributed by atoms with Crippen LogP contribution in [-0.4, -0.2) is 10.0 Å². The lowest BCUT2D eigenvalue weighted by Crippen LogP contribution is -2.02. The average Bonchev–Trinajstić information content (AvgIpc) is 2.45. The van der Waals surface area contributed by atoms with Crippen LogP contribution >= 0.6 is 0 Å². The summed E-state index contributed by atoms with van der Waals surface area (Å²) in [5, 5.41) is 24.0. The first-order valence-electron chi connectivity index (χ1n) is 6.67. The molecule has 0 unspecified atom stereocenters. The van der Waals surface area contributed by atoms with Crippen LogP contribution in [0.4, 0.5) is 11.4 Å². The third-order valence-corrected chi connectivity index (χ3v) is 3.59. The number of hydrogen-bond acceptors (Lipinski definition) is 4. The van der Waals surface area contributed by atoms with Gasteiger partial charge in [0.2, 0.25) is 0 Å². The van der Waals surface area contributed by atoms with E-state index in [4.69, 9.17) is 0 Å². The van der Waals surface area contributed by atoms with E-state index in [-0.39, 0.29) is 16.4 Å². The van der Waals surface area contributed by atoms with Crippen molar-refractivity contribution in [3.63, 3.8) is 0 Å². The second-order valence-electron chi connectivity index (χ2n) is 5.14. The van der Waals surface area contributed by atoms with Gasteiger partial charge in [0.15, 0.2) is 0 Å². The molecule has 0 fully saturated rings. The predicted octanol–water partition coefficient (Wildman–Crippen LogP) is 3.84. The highest BCUT2D eigenvalue weighted by molar-refractivity contribution is 5.59. The maximum absolute atomic E-state index is 10.9. The molecular formula is C16H18N2O3. The highest BCUT2D eigenvalue weighted by atomic mass is 16.6. The van der Waals surface area contributed by atoms with E-state index in [0.717, 1.165) is 22.4 Å². The first kappa shape index (κ1) is 14.8. The summed E-state index contributed by atoms with van der Waals surface area (Å²) in [5.41, 5.74) is 4.01. The van der Waals surface area contributed by atoms with Crippen molar-refractivity contribution in [1.29, 1.82) is 0 Å². The van der Waals surface area contributed by atoms with Crippen molar-refractivity contribution in [3.8, 4) is 5.75 Å². The highest BCUT2D eigenvalue weighted by Gasteiger charge is 2.11. The van der Waals surface area contributed by atoms with Crippen molar-refractivity contribution >= 4 is 11.4 Å². The first-order valence-corrected chi connectivity index (χ1v) is 6.67. The number of phenolic OH excluding ortho intramolecular Hbond substituents is 1. The topological polar surface area (TPSA) is 75.4 Å². The molecule has 5 nitrogen and oxygen atoms in total. The van der Waals surface area contributed by atoms with Crippen molar-refractivity contribution in [3.05, 3.63) is 62.7 Å². The summed E-state index contributed by atoms with van der Waals surface area (Å²) < 4.78 is 0. The van der Waals surface area contributed by atoms with E-state index in [9.17, 15) is 15.2 Å². The molecule has 21 heavy (non-hydrogen) atoms. The van der Waals surface area contributed by atoms with Crippen LogP contribution in [-0.2, 0) is 6.54 Å². The fourth-order valence-corrected chi connectivity index (χ4v) is 2.19. The zero-order valence-corrected chi connectivity index (χ0v) is 12.3. The van der Waals surface area contributed by atoms with Gasteiger partial charge in [0.1, 0.15) is 5.75 Å². The summed E-state index contributed by atoms with van der Waals surface area (Å²) in [6.07, 6.45) is 0. The van der Waals surface area contributed by atoms with E-state index in [1.54, 1.807) is 19.1 Å². The van der Waals surface area contributed by atoms with E-state index < -0.39 is 0 Å². The van der Waals surface area contributed by atoms with Crippen LogP contribution < -0.4 is 5.32 Å². The number of aromatic hydroxyl groups is 1. The second kappa shape index (κ2) is 5.83. The Bertz CT molecular complexity index is 696. The van der Waals surface area contributed by atoms with Gasteiger partial charge in [-0.2, -0.15) is 0 Å². The SMILES string of the molecule is Cc1ccc(CNc2ccc(C)c(O)c2C)cc1[N+](=O)[O-]. The van der Waals surface area contributed by atoms with E-state index in [2.05, 4.69) is 5.32 Å². The fourth-order valence-electron chi connectivity index (χ4n) is 2.19. The lowest BCUT2D eigenvalue weighted by atomic mass is 10.1. The molecular weight excluding hydrogens is 268 g/mol. The van der Waals surface area contributed by atoms with Crippen molar-refractivity contribution in [2.75, 3.05) is 5.32 Å². The summed E-state index contributed by atoms with van der Waals surface area (Å²) in [7, 11) is 0. The van der Waals surface area contributed by atoms with Crippen LogP contribution in [0.25, 0.3) is 0 Å². The molecule has 0 saturated carbocycles. The summed E-state index contributed by atoms with van der Waals surface area (Å²) >= 11 is 0. The van der Waals surface area contributed by atoms with Gasteiger partial charge in [-0.3, -0.25) is 10.1 Å². The molecule has 0 radical (unpaired) electrons. The summed E-state index contributed by atoms with van der Waals surface area (Å²) in [6.45, 7) is 5.86. The number of hydrogen-bond donors (Lipinski definition) is 2. The number of nitro groups is 1. The van der Waals surface area contributed by atoms with Gasteiger partial charge in [-0.15, -0.1) is 0 Å². The third kappa shape index (κ3) is 3.13. The first-order chi connectivity index (χ1) is 9.90. The van der Waals surface area contributed by atoms with Gasteiger partial charge in [0.25, 0.3) is 5.69 Å². The van der Waals surface area contributed by atoms with Gasteiger partial charge in [-0.05, 0) is 38.0 Å². The molecule has 0 amide bonds. The molecule has 5 heteroatoms. The molecule has 0 aromatic heterocycles. The van der Waals surface area contributed by atoms with Crippen LogP contribution in [0.5, 0.6) is 5.75 Å². The highest BCUT2D eigenvalue weighted by Crippen LogP contribution is 2.28. The Kier molecular flexibility index (Phi) is 4.12. The van der Waals surface area contributed by atoms with Gasteiger partial charge in [0, 0.05) is 29.4 Å². The Morgan fingerprint density at radius 2 is 1.81 bits per heavy atom. The minimum absolute atomic E-state index is 0.123. The molecule has 0 heterocycles. The summed E-state index contributed by atoms with van der Waals surface area (Å²) in [5.74, 6) is 0.273. The van der Waals surface area contributed by atoms with Crippen LogP contribution in [0, 0.1) is 30.9 Å². The summed E-state index contributed by atoms with van der Waals surface area (Å²) in [4.78, 5) is 10.6. The van der Waals surface area contributed by atoms with Gasteiger partial charge in [0.05, 0.1) is 4.92 Å². The molecule has 110 valence electrons. The number of nitro benzene ring substituents is 1. The van der Waals surface area contributed by atoms with Crippen LogP contribution in [0.3, 0.4) is 0 Å². The predicted molar refractivity (Wildman–Crippen MR) is 82.7 cm³/mol. The molecule has 0 atom stereocenters. The Labute approximate surface area is 123 Å². The Morgan fingerprint density at radius 3 is 2.48 bits per heavy atom. The van der Waals surface area contributed by atoms with Crippen molar-refractivity contribution < 1.29 is 10.0 Å². The summed E-state index contributed by atoms with van der Waals surface area (Å²) in [6, 6.07) is 8.91. The van der Waals surface area contributed by atoms with E-state index in [1.165, 1.54) is 0 Å². The molecule has 0 aliphatic rings. The van der Waals surface area contributed by atoms with Gasteiger partial charge in [-0.1, -0.05) is 18.2 Å². The molecule has 2 rings (SSSR count). The Morgan fingerprint density at radius 1 is 1.14 bits per heavy atom. The molecule has 0 saturated heterocycles. The van der Waals surface area contributed by atoms with E-state index >= 15 is 0 Å². The zero-order valence-electron chi connectivity index (χ0n) is 12.3. The van der Waals surface area contributed by atoms with Gasteiger partial charge >= 0.3 is 0 Å². The average molecular weight is 286 g/mol. The monoisotopic (exact) mass is 286 g/mol. The van der Waals surface area contributed by atoms with Crippen molar-refractivity contribution in [1.82, 2.24) is 0 Å². The minimum atomic E-state index is -0.373. The van der Waals surface area contributed by atoms with E-state index in [0.29, 0.717) is 12.1 Å². The van der Waals surface area contributed by atoms with Crippen LogP contribution in [0.1, 0.15) is 22.3 Å². The normalized spacial score (nSPS) is 10.4. The molecule has 0 aliphatic heterocycles. The molecule has 2 N–H and O–H groups in total. The maximum atomic E-state index is 10.9. The fraction of sp³-hybridized carbons (Fsp3) is 0.250. The number of rotatable bonds is 4. The minimum Gasteiger partial charge on any atom is -0.507 e. The number of phenols is 1. The second-order valence-corrected chi connectivity index (χ2v) is 5.14. The van der Waals surface area contributed by atoms with Gasteiger partial charge in [-0.25, -0.2) is 0 Å². The number of benzene rings is 2. The Balaban J connectivity index is 2.19. The molecule has 0 bridgehead atoms. The Hall–Kier alpha value is -2.56. The van der Waals surface area contributed by atoms with Crippen LogP contribution in [0.2, 0.25) is 0 Å². The largest absolute Gasteiger partial charge is 0.507 e. The smallest absolute Gasteiger partial charge is 0.272 e.